The number of carbonyl (C=O) groups is 3. The Kier molecular flexibility index (Phi) is 7.83. The normalized spacial score (nSPS) is 20.5. The topological polar surface area (TPSA) is 114 Å². The Hall–Kier alpha value is -3.20. The molecule has 9 heteroatoms. The molecular weight excluding hydrogens is 484 g/mol. The zero-order valence-corrected chi connectivity index (χ0v) is 22.4. The zero-order valence-electron chi connectivity index (χ0n) is 22.4. The Morgan fingerprint density at radius 2 is 1.84 bits per heavy atom. The van der Waals surface area contributed by atoms with Crippen molar-refractivity contribution in [3.8, 4) is 0 Å². The van der Waals surface area contributed by atoms with Crippen molar-refractivity contribution in [3.63, 3.8) is 0 Å². The molecule has 2 fully saturated rings. The van der Waals surface area contributed by atoms with Crippen LogP contribution in [-0.2, 0) is 26.2 Å². The van der Waals surface area contributed by atoms with Gasteiger partial charge in [0.25, 0.3) is 5.91 Å². The van der Waals surface area contributed by atoms with Gasteiger partial charge in [-0.3, -0.25) is 14.4 Å². The molecule has 38 heavy (non-hydrogen) atoms. The summed E-state index contributed by atoms with van der Waals surface area (Å²) in [4.78, 5) is 41.9. The number of benzene rings is 1. The maximum atomic E-state index is 13.7. The van der Waals surface area contributed by atoms with Crippen LogP contribution in [0.4, 0.5) is 11.4 Å². The second-order valence-electron chi connectivity index (χ2n) is 10.9. The van der Waals surface area contributed by atoms with E-state index in [1.54, 1.807) is 11.9 Å². The minimum absolute atomic E-state index is 0.0355. The molecule has 9 nitrogen and oxygen atoms in total. The van der Waals surface area contributed by atoms with Crippen LogP contribution in [0.1, 0.15) is 86.3 Å². The summed E-state index contributed by atoms with van der Waals surface area (Å²) >= 11 is 0. The molecule has 5 rings (SSSR count). The molecule has 1 aromatic carbocycles. The SMILES string of the molecule is CCc1nocc1C(=O)NC(C(=O)Nc1ccc2c(c1)N(C)C(=O)C21CCOCC1)C1CCCCCCC1. The van der Waals surface area contributed by atoms with Crippen molar-refractivity contribution in [2.75, 3.05) is 30.5 Å². The van der Waals surface area contributed by atoms with Gasteiger partial charge in [-0.15, -0.1) is 0 Å². The van der Waals surface area contributed by atoms with Crippen molar-refractivity contribution in [1.82, 2.24) is 10.5 Å². The predicted octanol–water partition coefficient (Wildman–Crippen LogP) is 4.36. The van der Waals surface area contributed by atoms with Crippen LogP contribution in [0.25, 0.3) is 0 Å². The zero-order chi connectivity index (χ0) is 26.7. The first-order valence-electron chi connectivity index (χ1n) is 14.0. The van der Waals surface area contributed by atoms with Gasteiger partial charge in [0.2, 0.25) is 11.8 Å². The van der Waals surface area contributed by atoms with Gasteiger partial charge in [-0.2, -0.15) is 0 Å². The lowest BCUT2D eigenvalue weighted by Crippen LogP contribution is -2.48. The first kappa shape index (κ1) is 26.4. The summed E-state index contributed by atoms with van der Waals surface area (Å²) in [6, 6.07) is 5.02. The molecule has 1 atom stereocenters. The van der Waals surface area contributed by atoms with Gasteiger partial charge >= 0.3 is 0 Å². The molecular formula is C29H38N4O5. The molecule has 1 aliphatic carbocycles. The van der Waals surface area contributed by atoms with Crippen molar-refractivity contribution in [2.45, 2.75) is 82.6 Å². The number of amides is 3. The van der Waals surface area contributed by atoms with E-state index in [1.165, 1.54) is 12.7 Å². The lowest BCUT2D eigenvalue weighted by Gasteiger charge is -2.32. The molecule has 0 radical (unpaired) electrons. The van der Waals surface area contributed by atoms with Crippen LogP contribution in [-0.4, -0.2) is 49.2 Å². The molecule has 1 spiro atoms. The number of hydrogen-bond donors (Lipinski definition) is 2. The third-order valence-electron chi connectivity index (χ3n) is 8.62. The van der Waals surface area contributed by atoms with Crippen LogP contribution in [0.5, 0.6) is 0 Å². The standard InChI is InChI=1S/C29H38N4O5/c1-3-23-21(18-38-32-23)26(34)31-25(19-9-7-5-4-6-8-10-19)27(35)30-20-11-12-22-24(17-20)33(2)28(36)29(22)13-15-37-16-14-29/h11-12,17-19,25H,3-10,13-16H2,1-2H3,(H,30,35)(H,31,34). The summed E-state index contributed by atoms with van der Waals surface area (Å²) in [6.45, 7) is 3.03. The average Bonchev–Trinajstić information content (AvgIpc) is 3.46. The largest absolute Gasteiger partial charge is 0.381 e. The number of nitrogens with one attached hydrogen (secondary N) is 2. The van der Waals surface area contributed by atoms with Gasteiger partial charge in [-0.1, -0.05) is 50.3 Å². The van der Waals surface area contributed by atoms with Crippen LogP contribution >= 0.6 is 0 Å². The lowest BCUT2D eigenvalue weighted by molar-refractivity contribution is -0.126. The van der Waals surface area contributed by atoms with E-state index in [1.807, 2.05) is 25.1 Å². The molecule has 2 aliphatic heterocycles. The second kappa shape index (κ2) is 11.3. The summed E-state index contributed by atoms with van der Waals surface area (Å²) in [6.07, 6.45) is 10.6. The second-order valence-corrected chi connectivity index (χ2v) is 10.9. The molecule has 1 unspecified atom stereocenters. The fourth-order valence-corrected chi connectivity index (χ4v) is 6.40. The molecule has 204 valence electrons. The van der Waals surface area contributed by atoms with E-state index >= 15 is 0 Å². The number of aromatic nitrogens is 1. The van der Waals surface area contributed by atoms with Crippen molar-refractivity contribution in [2.24, 2.45) is 5.92 Å². The number of carbonyl (C=O) groups excluding carboxylic acids is 3. The Bertz CT molecular complexity index is 1180. The summed E-state index contributed by atoms with van der Waals surface area (Å²) in [7, 11) is 1.79. The highest BCUT2D eigenvalue weighted by Crippen LogP contribution is 2.48. The number of likely N-dealkylation sites (N-methyl/N-ethyl adjacent to an activating group) is 1. The van der Waals surface area contributed by atoms with Gasteiger partial charge in [-0.25, -0.2) is 0 Å². The van der Waals surface area contributed by atoms with E-state index < -0.39 is 11.5 Å². The van der Waals surface area contributed by atoms with E-state index in [4.69, 9.17) is 9.26 Å². The van der Waals surface area contributed by atoms with E-state index in [0.29, 0.717) is 49.4 Å². The van der Waals surface area contributed by atoms with Gasteiger partial charge in [0, 0.05) is 31.6 Å². The van der Waals surface area contributed by atoms with Gasteiger partial charge in [0.05, 0.1) is 11.1 Å². The Morgan fingerprint density at radius 1 is 1.13 bits per heavy atom. The highest BCUT2D eigenvalue weighted by atomic mass is 16.5. The predicted molar refractivity (Wildman–Crippen MR) is 143 cm³/mol. The Labute approximate surface area is 223 Å². The molecule has 2 aromatic rings. The number of hydrogen-bond acceptors (Lipinski definition) is 6. The molecule has 3 heterocycles. The van der Waals surface area contributed by atoms with Crippen LogP contribution in [0.2, 0.25) is 0 Å². The number of ether oxygens (including phenoxy) is 1. The summed E-state index contributed by atoms with van der Waals surface area (Å²) < 4.78 is 10.6. The highest BCUT2D eigenvalue weighted by molar-refractivity contribution is 6.09. The van der Waals surface area contributed by atoms with Crippen LogP contribution in [0, 0.1) is 5.92 Å². The summed E-state index contributed by atoms with van der Waals surface area (Å²) in [5.41, 5.74) is 2.83. The van der Waals surface area contributed by atoms with Gasteiger partial charge < -0.3 is 24.8 Å². The van der Waals surface area contributed by atoms with E-state index in [-0.39, 0.29) is 23.6 Å². The molecule has 3 aliphatic rings. The molecule has 1 aromatic heterocycles. The van der Waals surface area contributed by atoms with Crippen LogP contribution in [0.3, 0.4) is 0 Å². The number of anilines is 2. The molecule has 0 bridgehead atoms. The summed E-state index contributed by atoms with van der Waals surface area (Å²) in [5.74, 6) is -0.468. The fraction of sp³-hybridized carbons (Fsp3) is 0.586. The Morgan fingerprint density at radius 3 is 2.55 bits per heavy atom. The molecule has 1 saturated heterocycles. The number of nitrogens with zero attached hydrogens (tertiary/aromatic N) is 2. The Balaban J connectivity index is 1.39. The number of fused-ring (bicyclic) bond motifs is 2. The smallest absolute Gasteiger partial charge is 0.257 e. The number of aryl methyl sites for hydroxylation is 1. The summed E-state index contributed by atoms with van der Waals surface area (Å²) in [5, 5.41) is 9.99. The lowest BCUT2D eigenvalue weighted by atomic mass is 9.75. The third-order valence-corrected chi connectivity index (χ3v) is 8.62. The van der Waals surface area contributed by atoms with Crippen molar-refractivity contribution >= 4 is 29.1 Å². The minimum atomic E-state index is -0.686. The monoisotopic (exact) mass is 522 g/mol. The average molecular weight is 523 g/mol. The van der Waals surface area contributed by atoms with Crippen molar-refractivity contribution < 1.29 is 23.6 Å². The van der Waals surface area contributed by atoms with Crippen molar-refractivity contribution in [3.05, 3.63) is 41.3 Å². The van der Waals surface area contributed by atoms with Gasteiger partial charge in [0.15, 0.2) is 0 Å². The molecule has 3 amide bonds. The van der Waals surface area contributed by atoms with Gasteiger partial charge in [-0.05, 0) is 55.7 Å². The molecule has 1 saturated carbocycles. The highest BCUT2D eigenvalue weighted by Gasteiger charge is 2.50. The maximum Gasteiger partial charge on any atom is 0.257 e. The first-order chi connectivity index (χ1) is 18.4. The van der Waals surface area contributed by atoms with Gasteiger partial charge in [0.1, 0.15) is 17.9 Å². The van der Waals surface area contributed by atoms with Crippen LogP contribution in [0.15, 0.2) is 29.0 Å². The van der Waals surface area contributed by atoms with Crippen molar-refractivity contribution in [1.29, 1.82) is 0 Å². The van der Waals surface area contributed by atoms with E-state index in [0.717, 1.165) is 49.8 Å². The van der Waals surface area contributed by atoms with E-state index in [9.17, 15) is 14.4 Å². The minimum Gasteiger partial charge on any atom is -0.381 e. The molecule has 2 N–H and O–H groups in total. The quantitative estimate of drug-likeness (QED) is 0.583. The first-order valence-corrected chi connectivity index (χ1v) is 14.0. The van der Waals surface area contributed by atoms with Crippen LogP contribution < -0.4 is 15.5 Å². The fourth-order valence-electron chi connectivity index (χ4n) is 6.40. The number of rotatable bonds is 6. The maximum absolute atomic E-state index is 13.7. The third kappa shape index (κ3) is 4.96. The van der Waals surface area contributed by atoms with E-state index in [2.05, 4.69) is 15.8 Å².